The molecule has 0 saturated carbocycles. The third-order valence-corrected chi connectivity index (χ3v) is 8.01. The first kappa shape index (κ1) is 28.4. The van der Waals surface area contributed by atoms with Crippen molar-refractivity contribution < 1.29 is 26.3 Å². The van der Waals surface area contributed by atoms with Gasteiger partial charge in [-0.3, -0.25) is 9.40 Å². The van der Waals surface area contributed by atoms with Crippen molar-refractivity contribution in [2.45, 2.75) is 25.2 Å². The van der Waals surface area contributed by atoms with E-state index in [1.54, 1.807) is 30.9 Å². The van der Waals surface area contributed by atoms with E-state index in [0.29, 0.717) is 22.2 Å². The summed E-state index contributed by atoms with van der Waals surface area (Å²) in [7, 11) is -1.14. The van der Waals surface area contributed by atoms with E-state index < -0.39 is 27.7 Å². The number of halogens is 3. The number of nitrogen functional groups attached to an aromatic ring is 1. The van der Waals surface area contributed by atoms with Gasteiger partial charge in [-0.1, -0.05) is 24.3 Å². The molecule has 1 aliphatic heterocycles. The Hall–Kier alpha value is -4.10. The number of hydrogen-bond acceptors (Lipinski definition) is 7. The van der Waals surface area contributed by atoms with Gasteiger partial charge in [0.1, 0.15) is 29.2 Å². The third kappa shape index (κ3) is 5.72. The lowest BCUT2D eigenvalue weighted by Gasteiger charge is -2.22. The second-order valence-corrected chi connectivity index (χ2v) is 11.6. The Bertz CT molecular complexity index is 1740. The first-order valence-corrected chi connectivity index (χ1v) is 14.3. The van der Waals surface area contributed by atoms with Crippen LogP contribution in [0.1, 0.15) is 30.6 Å². The van der Waals surface area contributed by atoms with Crippen LogP contribution in [-0.2, 0) is 17.1 Å². The SMILES string of the molecule is C[C@H](Oc1cc(-c2nn(C)c3c(C4=CCN(C)CC4)cnc(N)c23)ccc1NS(=O)(=O)C(F)F)c1ccc(F)cc1. The number of likely N-dealkylation sites (N-methyl/N-ethyl adjacent to an activating group) is 1. The van der Waals surface area contributed by atoms with Crippen LogP contribution in [-0.4, -0.2) is 54.0 Å². The topological polar surface area (TPSA) is 115 Å². The molecular formula is C28H29F3N6O3S. The number of nitrogens with two attached hydrogens (primary N) is 1. The Morgan fingerprint density at radius 2 is 1.85 bits per heavy atom. The maximum atomic E-state index is 13.5. The molecule has 0 bridgehead atoms. The van der Waals surface area contributed by atoms with Crippen LogP contribution in [0.2, 0.25) is 0 Å². The monoisotopic (exact) mass is 586 g/mol. The van der Waals surface area contributed by atoms with Gasteiger partial charge in [-0.25, -0.2) is 17.8 Å². The number of nitrogens with zero attached hydrogens (tertiary/aromatic N) is 4. The van der Waals surface area contributed by atoms with Gasteiger partial charge in [0.25, 0.3) is 10.0 Å². The van der Waals surface area contributed by atoms with Gasteiger partial charge in [-0.05, 0) is 55.8 Å². The minimum absolute atomic E-state index is 0.0249. The van der Waals surface area contributed by atoms with E-state index in [1.807, 2.05) is 11.8 Å². The van der Waals surface area contributed by atoms with Crippen LogP contribution in [0, 0.1) is 5.82 Å². The van der Waals surface area contributed by atoms with E-state index in [0.717, 1.165) is 36.2 Å². The molecule has 5 rings (SSSR count). The van der Waals surface area contributed by atoms with Crippen LogP contribution in [0.5, 0.6) is 5.75 Å². The highest BCUT2D eigenvalue weighted by Gasteiger charge is 2.27. The molecule has 0 unspecified atom stereocenters. The van der Waals surface area contributed by atoms with Gasteiger partial charge in [-0.2, -0.15) is 13.9 Å². The Morgan fingerprint density at radius 1 is 1.12 bits per heavy atom. The highest BCUT2D eigenvalue weighted by Crippen LogP contribution is 2.40. The zero-order valence-electron chi connectivity index (χ0n) is 22.6. The molecule has 0 spiro atoms. The fraction of sp³-hybridized carbons (Fsp3) is 0.286. The Morgan fingerprint density at radius 3 is 2.51 bits per heavy atom. The molecule has 41 heavy (non-hydrogen) atoms. The number of anilines is 2. The molecule has 1 atom stereocenters. The van der Waals surface area contributed by atoms with E-state index in [1.165, 1.54) is 36.4 Å². The van der Waals surface area contributed by atoms with E-state index in [2.05, 4.69) is 16.0 Å². The van der Waals surface area contributed by atoms with Crippen LogP contribution in [0.4, 0.5) is 24.7 Å². The first-order chi connectivity index (χ1) is 19.4. The lowest BCUT2D eigenvalue weighted by atomic mass is 9.98. The summed E-state index contributed by atoms with van der Waals surface area (Å²) in [5, 5.41) is 5.32. The standard InChI is InChI=1S/C28H29F3N6O3S/c1-16(17-4-7-20(29)8-5-17)40-23-14-19(6-9-22(23)35-41(38,39)28(30)31)25-24-26(37(3)34-25)21(15-33-27(24)32)18-10-12-36(2)13-11-18/h4-10,14-16,28,35H,11-13H2,1-3H3,(H2,32,33)/t16-/m0/s1. The predicted octanol–water partition coefficient (Wildman–Crippen LogP) is 5.18. The van der Waals surface area contributed by atoms with Crippen LogP contribution in [0.3, 0.4) is 0 Å². The number of sulfonamides is 1. The molecule has 0 amide bonds. The predicted molar refractivity (Wildman–Crippen MR) is 152 cm³/mol. The first-order valence-electron chi connectivity index (χ1n) is 12.8. The third-order valence-electron chi connectivity index (χ3n) is 7.03. The summed E-state index contributed by atoms with van der Waals surface area (Å²) in [6.07, 6.45) is 4.03. The molecule has 0 fully saturated rings. The second kappa shape index (κ2) is 11.1. The smallest absolute Gasteiger partial charge is 0.355 e. The van der Waals surface area contributed by atoms with Crippen molar-refractivity contribution in [2.75, 3.05) is 30.6 Å². The fourth-order valence-electron chi connectivity index (χ4n) is 4.83. The molecule has 9 nitrogen and oxygen atoms in total. The largest absolute Gasteiger partial charge is 0.484 e. The summed E-state index contributed by atoms with van der Waals surface area (Å²) in [6.45, 7) is 3.37. The quantitative estimate of drug-likeness (QED) is 0.292. The Balaban J connectivity index is 1.62. The van der Waals surface area contributed by atoms with Crippen LogP contribution in [0.15, 0.2) is 54.7 Å². The summed E-state index contributed by atoms with van der Waals surface area (Å²) in [4.78, 5) is 6.64. The molecule has 216 valence electrons. The molecule has 3 N–H and O–H groups in total. The van der Waals surface area contributed by atoms with Crippen molar-refractivity contribution in [3.8, 4) is 17.0 Å². The molecule has 0 radical (unpaired) electrons. The Labute approximate surface area is 235 Å². The lowest BCUT2D eigenvalue weighted by molar-refractivity contribution is 0.228. The summed E-state index contributed by atoms with van der Waals surface area (Å²) in [5.74, 6) is -3.85. The molecule has 4 aromatic rings. The summed E-state index contributed by atoms with van der Waals surface area (Å²) < 4.78 is 73.6. The average Bonchev–Trinajstić information content (AvgIpc) is 3.28. The number of rotatable bonds is 8. The maximum Gasteiger partial charge on any atom is 0.355 e. The van der Waals surface area contributed by atoms with Crippen molar-refractivity contribution in [3.63, 3.8) is 0 Å². The van der Waals surface area contributed by atoms with Gasteiger partial charge in [0, 0.05) is 37.5 Å². The average molecular weight is 587 g/mol. The van der Waals surface area contributed by atoms with E-state index in [4.69, 9.17) is 15.6 Å². The molecule has 2 aromatic heterocycles. The van der Waals surface area contributed by atoms with Gasteiger partial charge in [0.2, 0.25) is 0 Å². The minimum Gasteiger partial charge on any atom is -0.484 e. The van der Waals surface area contributed by atoms with Gasteiger partial charge < -0.3 is 15.4 Å². The lowest BCUT2D eigenvalue weighted by Crippen LogP contribution is -2.23. The molecule has 2 aromatic carbocycles. The van der Waals surface area contributed by atoms with Crippen molar-refractivity contribution in [2.24, 2.45) is 7.05 Å². The van der Waals surface area contributed by atoms with Gasteiger partial charge in [0.15, 0.2) is 0 Å². The molecular weight excluding hydrogens is 557 g/mol. The Kier molecular flexibility index (Phi) is 7.66. The van der Waals surface area contributed by atoms with Gasteiger partial charge in [-0.15, -0.1) is 0 Å². The number of benzene rings is 2. The van der Waals surface area contributed by atoms with E-state index in [9.17, 15) is 21.6 Å². The number of alkyl halides is 2. The summed E-state index contributed by atoms with van der Waals surface area (Å²) in [5.41, 5.74) is 10.5. The molecule has 3 heterocycles. The molecule has 0 aliphatic carbocycles. The number of nitrogens with one attached hydrogen (secondary N) is 1. The number of fused-ring (bicyclic) bond motifs is 1. The second-order valence-electron chi connectivity index (χ2n) is 9.92. The number of pyridine rings is 1. The van der Waals surface area contributed by atoms with Crippen molar-refractivity contribution in [3.05, 3.63) is 71.7 Å². The number of hydrogen-bond donors (Lipinski definition) is 2. The highest BCUT2D eigenvalue weighted by molar-refractivity contribution is 7.93. The molecule has 13 heteroatoms. The van der Waals surface area contributed by atoms with Crippen LogP contribution >= 0.6 is 0 Å². The van der Waals surface area contributed by atoms with Gasteiger partial charge in [0.05, 0.1) is 16.6 Å². The van der Waals surface area contributed by atoms with Crippen LogP contribution in [0.25, 0.3) is 27.7 Å². The zero-order valence-corrected chi connectivity index (χ0v) is 23.4. The number of aryl methyl sites for hydroxylation is 1. The fourth-order valence-corrected chi connectivity index (χ4v) is 5.39. The summed E-state index contributed by atoms with van der Waals surface area (Å²) in [6, 6.07) is 9.94. The summed E-state index contributed by atoms with van der Waals surface area (Å²) >= 11 is 0. The number of ether oxygens (including phenoxy) is 1. The highest BCUT2D eigenvalue weighted by atomic mass is 32.2. The normalized spacial score (nSPS) is 15.2. The number of aromatic nitrogens is 3. The van der Waals surface area contributed by atoms with E-state index >= 15 is 0 Å². The van der Waals surface area contributed by atoms with Crippen molar-refractivity contribution >= 4 is 38.0 Å². The minimum atomic E-state index is -4.99. The van der Waals surface area contributed by atoms with Crippen molar-refractivity contribution in [1.82, 2.24) is 19.7 Å². The maximum absolute atomic E-state index is 13.5. The van der Waals surface area contributed by atoms with E-state index in [-0.39, 0.29) is 17.3 Å². The van der Waals surface area contributed by atoms with Crippen LogP contribution < -0.4 is 15.2 Å². The zero-order chi connectivity index (χ0) is 29.5. The molecule has 0 saturated heterocycles. The van der Waals surface area contributed by atoms with Gasteiger partial charge >= 0.3 is 5.76 Å². The van der Waals surface area contributed by atoms with Crippen molar-refractivity contribution in [1.29, 1.82) is 0 Å². The molecule has 1 aliphatic rings.